The van der Waals surface area contributed by atoms with Crippen molar-refractivity contribution in [3.05, 3.63) is 58.6 Å². The number of rotatable bonds is 9. The first-order valence-electron chi connectivity index (χ1n) is 7.91. The van der Waals surface area contributed by atoms with Gasteiger partial charge in [0.25, 0.3) is 0 Å². The van der Waals surface area contributed by atoms with Crippen LogP contribution in [0, 0.1) is 0 Å². The number of hydrogen-bond donors (Lipinski definition) is 2. The lowest BCUT2D eigenvalue weighted by Crippen LogP contribution is -2.38. The average Bonchev–Trinajstić information content (AvgIpc) is 2.57. The highest BCUT2D eigenvalue weighted by Gasteiger charge is 2.14. The van der Waals surface area contributed by atoms with E-state index < -0.39 is 12.5 Å². The van der Waals surface area contributed by atoms with Gasteiger partial charge < -0.3 is 15.8 Å². The quantitative estimate of drug-likeness (QED) is 0.626. The Balaban J connectivity index is 1.96. The maximum atomic E-state index is 12.2. The number of benzene rings is 2. The zero-order valence-corrected chi connectivity index (χ0v) is 15.8. The van der Waals surface area contributed by atoms with E-state index in [0.717, 1.165) is 10.0 Å². The fourth-order valence-electron chi connectivity index (χ4n) is 2.36. The van der Waals surface area contributed by atoms with Gasteiger partial charge in [0, 0.05) is 16.7 Å². The molecule has 0 saturated heterocycles. The zero-order chi connectivity index (χ0) is 19.8. The Morgan fingerprint density at radius 3 is 2.26 bits per heavy atom. The second-order valence-corrected chi connectivity index (χ2v) is 6.60. The number of primary amides is 1. The smallest absolute Gasteiger partial charge is 0.387 e. The van der Waals surface area contributed by atoms with Crippen LogP contribution in [0.5, 0.6) is 5.75 Å². The van der Waals surface area contributed by atoms with E-state index in [4.69, 9.17) is 5.73 Å². The molecule has 0 aliphatic carbocycles. The zero-order valence-electron chi connectivity index (χ0n) is 14.2. The summed E-state index contributed by atoms with van der Waals surface area (Å²) in [5, 5.41) is 2.64. The molecular formula is C18H18BrF2N3O3. The van der Waals surface area contributed by atoms with Crippen molar-refractivity contribution in [1.29, 1.82) is 0 Å². The number of hydrogen-bond acceptors (Lipinski definition) is 4. The van der Waals surface area contributed by atoms with Crippen LogP contribution in [-0.4, -0.2) is 36.4 Å². The molecule has 144 valence electrons. The van der Waals surface area contributed by atoms with Crippen LogP contribution in [-0.2, 0) is 16.1 Å². The summed E-state index contributed by atoms with van der Waals surface area (Å²) in [7, 11) is 0. The van der Waals surface area contributed by atoms with Crippen LogP contribution >= 0.6 is 15.9 Å². The predicted molar refractivity (Wildman–Crippen MR) is 100 cm³/mol. The SMILES string of the molecule is NC(=O)CN(CC(=O)Nc1ccc(OC(F)F)cc1)Cc1ccc(Br)cc1. The van der Waals surface area contributed by atoms with Gasteiger partial charge in [-0.3, -0.25) is 14.5 Å². The van der Waals surface area contributed by atoms with E-state index in [2.05, 4.69) is 26.0 Å². The molecule has 0 aromatic heterocycles. The normalized spacial score (nSPS) is 10.9. The van der Waals surface area contributed by atoms with E-state index in [0.29, 0.717) is 12.2 Å². The molecular weight excluding hydrogens is 424 g/mol. The number of carbonyl (C=O) groups is 2. The molecule has 0 bridgehead atoms. The van der Waals surface area contributed by atoms with Crippen LogP contribution < -0.4 is 15.8 Å². The minimum Gasteiger partial charge on any atom is -0.435 e. The lowest BCUT2D eigenvalue weighted by molar-refractivity contribution is -0.121. The molecule has 0 fully saturated rings. The number of alkyl halides is 2. The third-order valence-corrected chi connectivity index (χ3v) is 3.96. The van der Waals surface area contributed by atoms with Crippen LogP contribution in [0.4, 0.5) is 14.5 Å². The summed E-state index contributed by atoms with van der Waals surface area (Å²) in [6, 6.07) is 13.0. The fraction of sp³-hybridized carbons (Fsp3) is 0.222. The molecule has 2 rings (SSSR count). The number of amides is 2. The Kier molecular flexibility index (Phi) is 7.68. The van der Waals surface area contributed by atoms with E-state index in [1.807, 2.05) is 24.3 Å². The van der Waals surface area contributed by atoms with Gasteiger partial charge in [0.05, 0.1) is 13.1 Å². The summed E-state index contributed by atoms with van der Waals surface area (Å²) in [6.07, 6.45) is 0. The number of anilines is 1. The van der Waals surface area contributed by atoms with E-state index in [9.17, 15) is 18.4 Å². The maximum Gasteiger partial charge on any atom is 0.387 e. The average molecular weight is 442 g/mol. The highest BCUT2D eigenvalue weighted by Crippen LogP contribution is 2.18. The van der Waals surface area contributed by atoms with Gasteiger partial charge in [-0.15, -0.1) is 0 Å². The van der Waals surface area contributed by atoms with Gasteiger partial charge in [-0.1, -0.05) is 28.1 Å². The second-order valence-electron chi connectivity index (χ2n) is 5.69. The molecule has 0 aliphatic rings. The van der Waals surface area contributed by atoms with Gasteiger partial charge >= 0.3 is 6.61 Å². The topological polar surface area (TPSA) is 84.7 Å². The molecule has 0 radical (unpaired) electrons. The first-order valence-corrected chi connectivity index (χ1v) is 8.71. The molecule has 0 spiro atoms. The monoisotopic (exact) mass is 441 g/mol. The highest BCUT2D eigenvalue weighted by molar-refractivity contribution is 9.10. The molecule has 0 saturated carbocycles. The number of carbonyl (C=O) groups excluding carboxylic acids is 2. The minimum atomic E-state index is -2.91. The molecule has 27 heavy (non-hydrogen) atoms. The van der Waals surface area contributed by atoms with Crippen molar-refractivity contribution < 1.29 is 23.1 Å². The van der Waals surface area contributed by atoms with Crippen LogP contribution in [0.2, 0.25) is 0 Å². The summed E-state index contributed by atoms with van der Waals surface area (Å²) in [5.74, 6) is -0.919. The number of nitrogens with zero attached hydrogens (tertiary/aromatic N) is 1. The van der Waals surface area contributed by atoms with Gasteiger partial charge in [0.2, 0.25) is 11.8 Å². The van der Waals surface area contributed by atoms with Crippen LogP contribution in [0.3, 0.4) is 0 Å². The van der Waals surface area contributed by atoms with E-state index in [1.165, 1.54) is 24.3 Å². The molecule has 2 aromatic rings. The Bertz CT molecular complexity index is 770. The highest BCUT2D eigenvalue weighted by atomic mass is 79.9. The van der Waals surface area contributed by atoms with Crippen molar-refractivity contribution in [3.8, 4) is 5.75 Å². The fourth-order valence-corrected chi connectivity index (χ4v) is 2.62. The third-order valence-electron chi connectivity index (χ3n) is 3.43. The summed E-state index contributed by atoms with van der Waals surface area (Å²) in [6.45, 7) is -2.68. The number of halogens is 3. The maximum absolute atomic E-state index is 12.2. The third kappa shape index (κ3) is 7.71. The van der Waals surface area contributed by atoms with Crippen molar-refractivity contribution in [2.75, 3.05) is 18.4 Å². The van der Waals surface area contributed by atoms with E-state index in [-0.39, 0.29) is 24.7 Å². The molecule has 0 atom stereocenters. The number of ether oxygens (including phenoxy) is 1. The molecule has 0 aliphatic heterocycles. The second kappa shape index (κ2) is 9.98. The molecule has 2 amide bonds. The van der Waals surface area contributed by atoms with Gasteiger partial charge in [-0.25, -0.2) is 0 Å². The lowest BCUT2D eigenvalue weighted by Gasteiger charge is -2.20. The van der Waals surface area contributed by atoms with Gasteiger partial charge in [0.15, 0.2) is 0 Å². The molecule has 0 heterocycles. The molecule has 2 aromatic carbocycles. The Hall–Kier alpha value is -2.52. The molecule has 9 heteroatoms. The number of nitrogens with one attached hydrogen (secondary N) is 1. The van der Waals surface area contributed by atoms with Gasteiger partial charge in [-0.05, 0) is 42.0 Å². The minimum absolute atomic E-state index is 0.00593. The lowest BCUT2D eigenvalue weighted by atomic mass is 10.2. The van der Waals surface area contributed by atoms with Crippen molar-refractivity contribution >= 4 is 33.4 Å². The standard InChI is InChI=1S/C18H18BrF2N3O3/c19-13-3-1-12(2-4-13)9-24(10-16(22)25)11-17(26)23-14-5-7-15(8-6-14)27-18(20)21/h1-8,18H,9-11H2,(H2,22,25)(H,23,26). The summed E-state index contributed by atoms with van der Waals surface area (Å²) >= 11 is 3.35. The van der Waals surface area contributed by atoms with Crippen molar-refractivity contribution in [2.24, 2.45) is 5.73 Å². The Labute approximate surface area is 163 Å². The van der Waals surface area contributed by atoms with Crippen molar-refractivity contribution in [2.45, 2.75) is 13.2 Å². The largest absolute Gasteiger partial charge is 0.435 e. The van der Waals surface area contributed by atoms with Crippen molar-refractivity contribution in [3.63, 3.8) is 0 Å². The summed E-state index contributed by atoms with van der Waals surface area (Å²) < 4.78 is 29.5. The molecule has 6 nitrogen and oxygen atoms in total. The summed E-state index contributed by atoms with van der Waals surface area (Å²) in [4.78, 5) is 25.1. The van der Waals surface area contributed by atoms with Gasteiger partial charge in [-0.2, -0.15) is 8.78 Å². The molecule has 0 unspecified atom stereocenters. The van der Waals surface area contributed by atoms with Crippen LogP contribution in [0.25, 0.3) is 0 Å². The molecule has 3 N–H and O–H groups in total. The van der Waals surface area contributed by atoms with E-state index >= 15 is 0 Å². The number of nitrogens with two attached hydrogens (primary N) is 1. The Morgan fingerprint density at radius 2 is 1.70 bits per heavy atom. The van der Waals surface area contributed by atoms with E-state index in [1.54, 1.807) is 4.90 Å². The Morgan fingerprint density at radius 1 is 1.07 bits per heavy atom. The van der Waals surface area contributed by atoms with Crippen LogP contribution in [0.1, 0.15) is 5.56 Å². The predicted octanol–water partition coefficient (Wildman–Crippen LogP) is 2.98. The first-order chi connectivity index (χ1) is 12.8. The summed E-state index contributed by atoms with van der Waals surface area (Å²) in [5.41, 5.74) is 6.60. The first kappa shape index (κ1) is 20.8. The van der Waals surface area contributed by atoms with Crippen LogP contribution in [0.15, 0.2) is 53.0 Å². The van der Waals surface area contributed by atoms with Gasteiger partial charge in [0.1, 0.15) is 5.75 Å². The van der Waals surface area contributed by atoms with Crippen molar-refractivity contribution in [1.82, 2.24) is 4.90 Å².